The van der Waals surface area contributed by atoms with Gasteiger partial charge < -0.3 is 4.74 Å². The van der Waals surface area contributed by atoms with Gasteiger partial charge in [-0.15, -0.1) is 0 Å². The fraction of sp³-hybridized carbons (Fsp3) is 0.286. The SMILES string of the molecule is CCOC(=O)c1cc(-c2ccc(Cl)cc2)nn1CC. The molecule has 0 amide bonds. The van der Waals surface area contributed by atoms with Crippen LogP contribution in [0.5, 0.6) is 0 Å². The van der Waals surface area contributed by atoms with Crippen LogP contribution in [0.15, 0.2) is 30.3 Å². The maximum absolute atomic E-state index is 11.8. The van der Waals surface area contributed by atoms with Gasteiger partial charge in [-0.1, -0.05) is 23.7 Å². The van der Waals surface area contributed by atoms with Crippen LogP contribution >= 0.6 is 11.6 Å². The zero-order chi connectivity index (χ0) is 13.8. The Kier molecular flexibility index (Phi) is 4.22. The summed E-state index contributed by atoms with van der Waals surface area (Å²) in [5.74, 6) is -0.350. The summed E-state index contributed by atoms with van der Waals surface area (Å²) in [6, 6.07) is 9.09. The zero-order valence-electron chi connectivity index (χ0n) is 10.9. The van der Waals surface area contributed by atoms with Gasteiger partial charge in [-0.3, -0.25) is 4.68 Å². The number of carbonyl (C=O) groups excluding carboxylic acids is 1. The molecule has 0 bridgehead atoms. The van der Waals surface area contributed by atoms with Crippen molar-refractivity contribution < 1.29 is 9.53 Å². The Labute approximate surface area is 116 Å². The van der Waals surface area contributed by atoms with E-state index in [1.807, 2.05) is 19.1 Å². The predicted molar refractivity (Wildman–Crippen MR) is 74.3 cm³/mol. The molecule has 0 radical (unpaired) electrons. The lowest BCUT2D eigenvalue weighted by Gasteiger charge is -2.02. The third-order valence-electron chi connectivity index (χ3n) is 2.70. The third-order valence-corrected chi connectivity index (χ3v) is 2.96. The molecule has 1 aromatic carbocycles. The van der Waals surface area contributed by atoms with Crippen LogP contribution in [0.2, 0.25) is 5.02 Å². The molecule has 0 fully saturated rings. The van der Waals surface area contributed by atoms with Crippen molar-refractivity contribution in [3.63, 3.8) is 0 Å². The molecule has 2 aromatic rings. The van der Waals surface area contributed by atoms with E-state index in [2.05, 4.69) is 5.10 Å². The van der Waals surface area contributed by atoms with Gasteiger partial charge in [-0.05, 0) is 32.0 Å². The maximum atomic E-state index is 11.8. The van der Waals surface area contributed by atoms with E-state index in [0.29, 0.717) is 23.9 Å². The van der Waals surface area contributed by atoms with Crippen molar-refractivity contribution >= 4 is 17.6 Å². The number of esters is 1. The largest absolute Gasteiger partial charge is 0.461 e. The fourth-order valence-corrected chi connectivity index (χ4v) is 1.91. The molecule has 0 aliphatic rings. The molecule has 0 N–H and O–H groups in total. The average Bonchev–Trinajstić information content (AvgIpc) is 2.84. The highest BCUT2D eigenvalue weighted by Crippen LogP contribution is 2.21. The Morgan fingerprint density at radius 1 is 1.32 bits per heavy atom. The molecule has 0 spiro atoms. The molecule has 0 saturated carbocycles. The van der Waals surface area contributed by atoms with E-state index in [1.54, 1.807) is 29.8 Å². The molecule has 19 heavy (non-hydrogen) atoms. The molecular weight excluding hydrogens is 264 g/mol. The maximum Gasteiger partial charge on any atom is 0.356 e. The Balaban J connectivity index is 2.38. The van der Waals surface area contributed by atoms with E-state index >= 15 is 0 Å². The summed E-state index contributed by atoms with van der Waals surface area (Å²) in [5.41, 5.74) is 2.12. The molecule has 1 aromatic heterocycles. The lowest BCUT2D eigenvalue weighted by Crippen LogP contribution is -2.12. The minimum Gasteiger partial charge on any atom is -0.461 e. The molecule has 1 heterocycles. The number of rotatable bonds is 4. The van der Waals surface area contributed by atoms with Crippen LogP contribution < -0.4 is 0 Å². The van der Waals surface area contributed by atoms with Crippen LogP contribution in [0, 0.1) is 0 Å². The van der Waals surface area contributed by atoms with Crippen LogP contribution in [0.25, 0.3) is 11.3 Å². The monoisotopic (exact) mass is 278 g/mol. The van der Waals surface area contributed by atoms with Crippen LogP contribution in [-0.4, -0.2) is 22.4 Å². The Hall–Kier alpha value is -1.81. The van der Waals surface area contributed by atoms with Crippen LogP contribution in [0.1, 0.15) is 24.3 Å². The summed E-state index contributed by atoms with van der Waals surface area (Å²) in [6.45, 7) is 4.68. The van der Waals surface area contributed by atoms with Crippen molar-refractivity contribution in [3.8, 4) is 11.3 Å². The summed E-state index contributed by atoms with van der Waals surface area (Å²) in [7, 11) is 0. The highest BCUT2D eigenvalue weighted by atomic mass is 35.5. The molecule has 2 rings (SSSR count). The number of halogens is 1. The lowest BCUT2D eigenvalue weighted by atomic mass is 10.1. The first-order chi connectivity index (χ1) is 9.15. The topological polar surface area (TPSA) is 44.1 Å². The van der Waals surface area contributed by atoms with Gasteiger partial charge in [0.2, 0.25) is 0 Å². The quantitative estimate of drug-likeness (QED) is 0.805. The number of nitrogens with zero attached hydrogens (tertiary/aromatic N) is 2. The normalized spacial score (nSPS) is 10.5. The van der Waals surface area contributed by atoms with Crippen molar-refractivity contribution in [2.75, 3.05) is 6.61 Å². The molecule has 0 aliphatic heterocycles. The minimum atomic E-state index is -0.350. The van der Waals surface area contributed by atoms with Crippen molar-refractivity contribution in [1.29, 1.82) is 0 Å². The third kappa shape index (κ3) is 2.96. The van der Waals surface area contributed by atoms with Gasteiger partial charge in [0.05, 0.1) is 12.3 Å². The number of aryl methyl sites for hydroxylation is 1. The van der Waals surface area contributed by atoms with E-state index < -0.39 is 0 Å². The molecule has 0 unspecified atom stereocenters. The van der Waals surface area contributed by atoms with Gasteiger partial charge >= 0.3 is 5.97 Å². The van der Waals surface area contributed by atoms with E-state index in [0.717, 1.165) is 11.3 Å². The first-order valence-corrected chi connectivity index (χ1v) is 6.54. The number of ether oxygens (including phenoxy) is 1. The van der Waals surface area contributed by atoms with Crippen molar-refractivity contribution in [2.45, 2.75) is 20.4 Å². The standard InChI is InChI=1S/C14H15ClN2O2/c1-3-17-13(14(18)19-4-2)9-12(16-17)10-5-7-11(15)8-6-10/h5-9H,3-4H2,1-2H3. The van der Waals surface area contributed by atoms with Crippen molar-refractivity contribution in [2.24, 2.45) is 0 Å². The number of carbonyl (C=O) groups is 1. The highest BCUT2D eigenvalue weighted by molar-refractivity contribution is 6.30. The van der Waals surface area contributed by atoms with Gasteiger partial charge in [0.1, 0.15) is 5.69 Å². The second-order valence-electron chi connectivity index (χ2n) is 3.96. The number of aromatic nitrogens is 2. The summed E-state index contributed by atoms with van der Waals surface area (Å²) in [5, 5.41) is 5.08. The Bertz CT molecular complexity index is 576. The summed E-state index contributed by atoms with van der Waals surface area (Å²) in [4.78, 5) is 11.8. The van der Waals surface area contributed by atoms with Crippen molar-refractivity contribution in [3.05, 3.63) is 41.0 Å². The van der Waals surface area contributed by atoms with Gasteiger partial charge in [-0.2, -0.15) is 5.10 Å². The first-order valence-electron chi connectivity index (χ1n) is 6.16. The molecule has 0 saturated heterocycles. The van der Waals surface area contributed by atoms with E-state index in [-0.39, 0.29) is 5.97 Å². The van der Waals surface area contributed by atoms with E-state index in [4.69, 9.17) is 16.3 Å². The highest BCUT2D eigenvalue weighted by Gasteiger charge is 2.16. The average molecular weight is 279 g/mol. The summed E-state index contributed by atoms with van der Waals surface area (Å²) in [6.07, 6.45) is 0. The van der Waals surface area contributed by atoms with Gasteiger partial charge in [-0.25, -0.2) is 4.79 Å². The fourth-order valence-electron chi connectivity index (χ4n) is 1.79. The van der Waals surface area contributed by atoms with Gasteiger partial charge in [0.15, 0.2) is 0 Å². The number of hydrogen-bond donors (Lipinski definition) is 0. The first kappa shape index (κ1) is 13.6. The summed E-state index contributed by atoms with van der Waals surface area (Å²) >= 11 is 5.85. The predicted octanol–water partition coefficient (Wildman–Crippen LogP) is 3.40. The lowest BCUT2D eigenvalue weighted by molar-refractivity contribution is 0.0512. The molecule has 100 valence electrons. The van der Waals surface area contributed by atoms with Crippen LogP contribution in [-0.2, 0) is 11.3 Å². The number of benzene rings is 1. The molecular formula is C14H15ClN2O2. The Morgan fingerprint density at radius 3 is 2.58 bits per heavy atom. The molecule has 0 aliphatic carbocycles. The Morgan fingerprint density at radius 2 is 2.00 bits per heavy atom. The van der Waals surface area contributed by atoms with Crippen LogP contribution in [0.4, 0.5) is 0 Å². The van der Waals surface area contributed by atoms with E-state index in [1.165, 1.54) is 0 Å². The second-order valence-corrected chi connectivity index (χ2v) is 4.39. The smallest absolute Gasteiger partial charge is 0.356 e. The second kappa shape index (κ2) is 5.89. The van der Waals surface area contributed by atoms with Gasteiger partial charge in [0, 0.05) is 17.1 Å². The van der Waals surface area contributed by atoms with Crippen LogP contribution in [0.3, 0.4) is 0 Å². The zero-order valence-corrected chi connectivity index (χ0v) is 11.6. The number of hydrogen-bond acceptors (Lipinski definition) is 3. The minimum absolute atomic E-state index is 0.350. The van der Waals surface area contributed by atoms with Gasteiger partial charge in [0.25, 0.3) is 0 Å². The molecule has 4 nitrogen and oxygen atoms in total. The summed E-state index contributed by atoms with van der Waals surface area (Å²) < 4.78 is 6.66. The van der Waals surface area contributed by atoms with Crippen molar-refractivity contribution in [1.82, 2.24) is 9.78 Å². The van der Waals surface area contributed by atoms with E-state index in [9.17, 15) is 4.79 Å². The molecule has 0 atom stereocenters. The molecule has 5 heteroatoms.